The lowest BCUT2D eigenvalue weighted by Crippen LogP contribution is -2.50. The van der Waals surface area contributed by atoms with Gasteiger partial charge in [0.2, 0.25) is 0 Å². The number of likely N-dealkylation sites (tertiary alicyclic amines) is 1. The minimum absolute atomic E-state index is 0.0902. The number of H-pyrrole nitrogens is 1. The molecule has 0 aliphatic carbocycles. The highest BCUT2D eigenvalue weighted by atomic mass is 16.6. The summed E-state index contributed by atoms with van der Waals surface area (Å²) in [6, 6.07) is 2.24. The minimum Gasteiger partial charge on any atom is -0.444 e. The summed E-state index contributed by atoms with van der Waals surface area (Å²) in [5, 5.41) is 2.95. The number of aryl methyl sites for hydroxylation is 2. The van der Waals surface area contributed by atoms with Gasteiger partial charge in [0.25, 0.3) is 0 Å². The minimum atomic E-state index is -0.491. The van der Waals surface area contributed by atoms with Crippen LogP contribution in [0.5, 0.6) is 0 Å². The summed E-state index contributed by atoms with van der Waals surface area (Å²) >= 11 is 0. The molecule has 1 saturated heterocycles. The van der Waals surface area contributed by atoms with Crippen LogP contribution in [0, 0.1) is 13.8 Å². The van der Waals surface area contributed by atoms with Crippen LogP contribution in [-0.2, 0) is 4.74 Å². The third-order valence-electron chi connectivity index (χ3n) is 4.53. The molecule has 0 spiro atoms. The third kappa shape index (κ3) is 5.59. The van der Waals surface area contributed by atoms with Crippen LogP contribution in [0.15, 0.2) is 6.07 Å². The number of piperidine rings is 1. The number of nitrogens with one attached hydrogen (secondary N) is 2. The average molecular weight is 349 g/mol. The van der Waals surface area contributed by atoms with E-state index in [1.54, 1.807) is 0 Å². The number of Topliss-reactive ketones (excluding diaryl/α,β-unsaturated/α-hetero) is 1. The molecule has 2 N–H and O–H groups in total. The van der Waals surface area contributed by atoms with E-state index in [0.717, 1.165) is 36.3 Å². The molecule has 1 amide bonds. The Morgan fingerprint density at radius 2 is 2.04 bits per heavy atom. The number of nitrogens with zero attached hydrogens (tertiary/aromatic N) is 1. The second-order valence-corrected chi connectivity index (χ2v) is 8.10. The number of rotatable bonds is 4. The van der Waals surface area contributed by atoms with Crippen molar-refractivity contribution in [2.24, 2.45) is 0 Å². The average Bonchev–Trinajstić information content (AvgIpc) is 2.78. The molecular weight excluding hydrogens is 318 g/mol. The first-order valence-corrected chi connectivity index (χ1v) is 8.98. The van der Waals surface area contributed by atoms with Gasteiger partial charge in [-0.15, -0.1) is 0 Å². The van der Waals surface area contributed by atoms with E-state index in [0.29, 0.717) is 6.54 Å². The van der Waals surface area contributed by atoms with Gasteiger partial charge in [-0.05, 0) is 60.5 Å². The molecule has 2 rings (SSSR count). The summed E-state index contributed by atoms with van der Waals surface area (Å²) < 4.78 is 5.32. The normalized spacial score (nSPS) is 21.8. The van der Waals surface area contributed by atoms with E-state index < -0.39 is 5.60 Å². The summed E-state index contributed by atoms with van der Waals surface area (Å²) in [5.41, 5.74) is 2.22. The van der Waals surface area contributed by atoms with Crippen LogP contribution in [0.2, 0.25) is 0 Å². The molecule has 1 aromatic heterocycles. The molecule has 1 aliphatic rings. The van der Waals surface area contributed by atoms with E-state index in [1.807, 2.05) is 40.7 Å². The van der Waals surface area contributed by atoms with Gasteiger partial charge in [-0.3, -0.25) is 9.69 Å². The molecule has 2 atom stereocenters. The molecule has 1 aromatic rings. The van der Waals surface area contributed by atoms with Crippen LogP contribution in [0.3, 0.4) is 0 Å². The number of aromatic amines is 1. The highest BCUT2D eigenvalue weighted by Gasteiger charge is 2.29. The summed E-state index contributed by atoms with van der Waals surface area (Å²) in [4.78, 5) is 29.8. The van der Waals surface area contributed by atoms with Crippen LogP contribution in [0.25, 0.3) is 0 Å². The number of carbonyl (C=O) groups is 2. The molecule has 0 radical (unpaired) electrons. The highest BCUT2D eigenvalue weighted by Crippen LogP contribution is 2.19. The van der Waals surface area contributed by atoms with Crippen molar-refractivity contribution in [1.29, 1.82) is 0 Å². The summed E-state index contributed by atoms with van der Waals surface area (Å²) in [6.45, 7) is 12.8. The van der Waals surface area contributed by atoms with Crippen LogP contribution < -0.4 is 5.32 Å². The number of aromatic nitrogens is 1. The quantitative estimate of drug-likeness (QED) is 0.819. The fourth-order valence-electron chi connectivity index (χ4n) is 3.34. The zero-order chi connectivity index (χ0) is 18.8. The van der Waals surface area contributed by atoms with Gasteiger partial charge in [0.05, 0.1) is 6.54 Å². The Labute approximate surface area is 150 Å². The maximum absolute atomic E-state index is 12.6. The standard InChI is InChI=1S/C19H31N3O3/c1-12-9-16(14(3)20-12)17(23)11-22-8-7-15(10-13(22)2)21-18(24)25-19(4,5)6/h9,13,15,20H,7-8,10-11H2,1-6H3,(H,21,24)/t13-,15+/m0/s1. The second kappa shape index (κ2) is 7.60. The topological polar surface area (TPSA) is 74.4 Å². The van der Waals surface area contributed by atoms with Gasteiger partial charge >= 0.3 is 6.09 Å². The van der Waals surface area contributed by atoms with Gasteiger partial charge in [-0.25, -0.2) is 4.79 Å². The lowest BCUT2D eigenvalue weighted by molar-refractivity contribution is 0.0451. The lowest BCUT2D eigenvalue weighted by atomic mass is 9.97. The second-order valence-electron chi connectivity index (χ2n) is 8.10. The van der Waals surface area contributed by atoms with Gasteiger partial charge in [0, 0.05) is 35.6 Å². The Hall–Kier alpha value is -1.82. The molecule has 6 heteroatoms. The molecule has 0 bridgehead atoms. The van der Waals surface area contributed by atoms with Crippen LogP contribution in [0.1, 0.15) is 62.3 Å². The maximum Gasteiger partial charge on any atom is 0.407 e. The summed E-state index contributed by atoms with van der Waals surface area (Å²) in [7, 11) is 0. The molecule has 2 heterocycles. The smallest absolute Gasteiger partial charge is 0.407 e. The Kier molecular flexibility index (Phi) is 5.93. The van der Waals surface area contributed by atoms with E-state index in [4.69, 9.17) is 4.74 Å². The van der Waals surface area contributed by atoms with Crippen LogP contribution in [-0.4, -0.2) is 52.5 Å². The number of hydrogen-bond acceptors (Lipinski definition) is 4. The Bertz CT molecular complexity index is 630. The zero-order valence-electron chi connectivity index (χ0n) is 16.2. The maximum atomic E-state index is 12.6. The first-order chi connectivity index (χ1) is 11.5. The first kappa shape index (κ1) is 19.5. The van der Waals surface area contributed by atoms with Crippen molar-refractivity contribution in [2.45, 2.75) is 72.1 Å². The van der Waals surface area contributed by atoms with Gasteiger partial charge in [-0.2, -0.15) is 0 Å². The summed E-state index contributed by atoms with van der Waals surface area (Å²) in [6.07, 6.45) is 1.27. The van der Waals surface area contributed by atoms with E-state index in [2.05, 4.69) is 22.1 Å². The van der Waals surface area contributed by atoms with E-state index in [-0.39, 0.29) is 24.0 Å². The van der Waals surface area contributed by atoms with Crippen molar-refractivity contribution in [3.63, 3.8) is 0 Å². The van der Waals surface area contributed by atoms with E-state index in [1.165, 1.54) is 0 Å². The van der Waals surface area contributed by atoms with Crippen LogP contribution >= 0.6 is 0 Å². The Morgan fingerprint density at radius 1 is 1.36 bits per heavy atom. The van der Waals surface area contributed by atoms with Gasteiger partial charge in [-0.1, -0.05) is 0 Å². The van der Waals surface area contributed by atoms with Crippen molar-refractivity contribution in [1.82, 2.24) is 15.2 Å². The van der Waals surface area contributed by atoms with Gasteiger partial charge in [0.15, 0.2) is 5.78 Å². The van der Waals surface area contributed by atoms with E-state index >= 15 is 0 Å². The van der Waals surface area contributed by atoms with Gasteiger partial charge < -0.3 is 15.0 Å². The first-order valence-electron chi connectivity index (χ1n) is 8.98. The molecule has 6 nitrogen and oxygen atoms in total. The van der Waals surface area contributed by atoms with Crippen molar-refractivity contribution < 1.29 is 14.3 Å². The molecule has 0 aromatic carbocycles. The van der Waals surface area contributed by atoms with Gasteiger partial charge in [0.1, 0.15) is 5.60 Å². The van der Waals surface area contributed by atoms with Crippen molar-refractivity contribution in [3.8, 4) is 0 Å². The monoisotopic (exact) mass is 349 g/mol. The van der Waals surface area contributed by atoms with Crippen molar-refractivity contribution >= 4 is 11.9 Å². The number of hydrogen-bond donors (Lipinski definition) is 2. The number of ketones is 1. The number of alkyl carbamates (subject to hydrolysis) is 1. The lowest BCUT2D eigenvalue weighted by Gasteiger charge is -2.37. The van der Waals surface area contributed by atoms with E-state index in [9.17, 15) is 9.59 Å². The van der Waals surface area contributed by atoms with Crippen molar-refractivity contribution in [3.05, 3.63) is 23.0 Å². The number of carbonyl (C=O) groups excluding carboxylic acids is 2. The molecule has 1 fully saturated rings. The Balaban J connectivity index is 1.86. The SMILES string of the molecule is Cc1cc(C(=O)CN2CC[C@@H](NC(=O)OC(C)(C)C)C[C@@H]2C)c(C)[nH]1. The Morgan fingerprint density at radius 3 is 2.56 bits per heavy atom. The fourth-order valence-corrected chi connectivity index (χ4v) is 3.34. The highest BCUT2D eigenvalue weighted by molar-refractivity contribution is 5.98. The number of ether oxygens (including phenoxy) is 1. The fraction of sp³-hybridized carbons (Fsp3) is 0.684. The number of amides is 1. The third-order valence-corrected chi connectivity index (χ3v) is 4.53. The predicted octanol–water partition coefficient (Wildman–Crippen LogP) is 3.19. The molecule has 0 saturated carbocycles. The van der Waals surface area contributed by atoms with Crippen molar-refractivity contribution in [2.75, 3.05) is 13.1 Å². The molecule has 140 valence electrons. The van der Waals surface area contributed by atoms with Crippen LogP contribution in [0.4, 0.5) is 4.79 Å². The summed E-state index contributed by atoms with van der Waals surface area (Å²) in [5.74, 6) is 0.146. The zero-order valence-corrected chi connectivity index (χ0v) is 16.2. The molecule has 25 heavy (non-hydrogen) atoms. The largest absolute Gasteiger partial charge is 0.444 e. The predicted molar refractivity (Wildman–Crippen MR) is 98.0 cm³/mol. The molecule has 0 unspecified atom stereocenters. The molecular formula is C19H31N3O3. The molecule has 1 aliphatic heterocycles.